The number of hydrogen-bond donors (Lipinski definition) is 0. The number of quaternary nitrogens is 2. The van der Waals surface area contributed by atoms with Crippen molar-refractivity contribution in [3.63, 3.8) is 0 Å². The normalized spacial score (nSPS) is 13.8. The average molecular weight is 479 g/mol. The summed E-state index contributed by atoms with van der Waals surface area (Å²) in [4.78, 5) is 0. The van der Waals surface area contributed by atoms with E-state index in [-0.39, 0.29) is 0 Å². The van der Waals surface area contributed by atoms with E-state index in [1.165, 1.54) is 22.3 Å². The van der Waals surface area contributed by atoms with Crippen molar-refractivity contribution < 1.29 is 8.97 Å². The summed E-state index contributed by atoms with van der Waals surface area (Å²) in [5.74, 6) is 0. The van der Waals surface area contributed by atoms with Crippen LogP contribution in [0.15, 0.2) is 121 Å². The van der Waals surface area contributed by atoms with Crippen molar-refractivity contribution in [2.24, 2.45) is 0 Å². The first kappa shape index (κ1) is 25.9. The smallest absolute Gasteiger partial charge is 0.129 e. The first-order chi connectivity index (χ1) is 17.4. The van der Waals surface area contributed by atoms with Crippen LogP contribution in [0.5, 0.6) is 0 Å². The number of benzene rings is 4. The largest absolute Gasteiger partial charge is 0.317 e. The van der Waals surface area contributed by atoms with E-state index in [1.54, 1.807) is 0 Å². The molecule has 4 rings (SSSR count). The van der Waals surface area contributed by atoms with Gasteiger partial charge in [0.1, 0.15) is 25.2 Å². The lowest BCUT2D eigenvalue weighted by Gasteiger charge is -2.44. The quantitative estimate of drug-likeness (QED) is 0.202. The van der Waals surface area contributed by atoms with E-state index in [0.29, 0.717) is 12.1 Å². The predicted molar refractivity (Wildman–Crippen MR) is 153 cm³/mol. The van der Waals surface area contributed by atoms with Gasteiger partial charge in [0.05, 0.1) is 28.2 Å². The maximum Gasteiger partial charge on any atom is 0.129 e. The fraction of sp³-hybridized carbons (Fsp3) is 0.294. The Kier molecular flexibility index (Phi) is 8.40. The van der Waals surface area contributed by atoms with Crippen LogP contribution >= 0.6 is 0 Å². The molecule has 4 aromatic carbocycles. The molecule has 2 atom stereocenters. The highest BCUT2D eigenvalue weighted by molar-refractivity contribution is 5.24. The van der Waals surface area contributed by atoms with Gasteiger partial charge in [-0.3, -0.25) is 0 Å². The molecule has 36 heavy (non-hydrogen) atoms. The van der Waals surface area contributed by atoms with Crippen LogP contribution in [-0.2, 0) is 12.8 Å². The third-order valence-electron chi connectivity index (χ3n) is 7.85. The van der Waals surface area contributed by atoms with Crippen LogP contribution in [0, 0.1) is 0 Å². The van der Waals surface area contributed by atoms with E-state index in [0.717, 1.165) is 34.9 Å². The van der Waals surface area contributed by atoms with Gasteiger partial charge in [0, 0.05) is 24.0 Å². The first-order valence-electron chi connectivity index (χ1n) is 13.2. The standard InChI is InChI=1S/C34H42N2/c1-35(2,33(31-21-13-7-14-22-31)27-29-17-9-5-10-18-29)25-26-36(3,4)34(32-23-15-8-16-24-32)28-30-19-11-6-12-20-30/h5-24,33-34H,25-28H2,1-4H3/q+2/t33-,34+. The van der Waals surface area contributed by atoms with Gasteiger partial charge in [-0.15, -0.1) is 0 Å². The highest BCUT2D eigenvalue weighted by atomic mass is 15.4. The van der Waals surface area contributed by atoms with E-state index >= 15 is 0 Å². The monoisotopic (exact) mass is 478 g/mol. The molecule has 4 aromatic rings. The van der Waals surface area contributed by atoms with E-state index in [2.05, 4.69) is 150 Å². The average Bonchev–Trinajstić information content (AvgIpc) is 2.91. The minimum Gasteiger partial charge on any atom is -0.317 e. The Morgan fingerprint density at radius 3 is 1.00 bits per heavy atom. The minimum atomic E-state index is 0.401. The highest BCUT2D eigenvalue weighted by Crippen LogP contribution is 2.32. The van der Waals surface area contributed by atoms with Crippen molar-refractivity contribution in [3.05, 3.63) is 144 Å². The number of hydrogen-bond acceptors (Lipinski definition) is 0. The van der Waals surface area contributed by atoms with Crippen molar-refractivity contribution in [3.8, 4) is 0 Å². The summed E-state index contributed by atoms with van der Waals surface area (Å²) in [6.45, 7) is 2.19. The van der Waals surface area contributed by atoms with Crippen molar-refractivity contribution in [2.45, 2.75) is 24.9 Å². The second-order valence-electron chi connectivity index (χ2n) is 11.2. The molecule has 0 unspecified atom stereocenters. The van der Waals surface area contributed by atoms with Gasteiger partial charge in [-0.2, -0.15) is 0 Å². The molecule has 0 amide bonds. The lowest BCUT2D eigenvalue weighted by Crippen LogP contribution is -2.54. The van der Waals surface area contributed by atoms with Gasteiger partial charge in [-0.25, -0.2) is 0 Å². The molecule has 0 radical (unpaired) electrons. The molecule has 2 nitrogen and oxygen atoms in total. The Morgan fingerprint density at radius 1 is 0.417 bits per heavy atom. The molecule has 0 aliphatic heterocycles. The zero-order chi connectivity index (χ0) is 25.4. The van der Waals surface area contributed by atoms with Gasteiger partial charge >= 0.3 is 0 Å². The van der Waals surface area contributed by atoms with Gasteiger partial charge in [0.25, 0.3) is 0 Å². The van der Waals surface area contributed by atoms with Gasteiger partial charge in [-0.05, 0) is 11.1 Å². The van der Waals surface area contributed by atoms with Crippen LogP contribution in [0.1, 0.15) is 34.3 Å². The molecular weight excluding hydrogens is 436 g/mol. The molecule has 0 bridgehead atoms. The molecule has 0 spiro atoms. The minimum absolute atomic E-state index is 0.401. The molecule has 0 N–H and O–H groups in total. The molecule has 0 aliphatic carbocycles. The summed E-state index contributed by atoms with van der Waals surface area (Å²) in [7, 11) is 9.65. The molecule has 0 saturated carbocycles. The van der Waals surface area contributed by atoms with Gasteiger partial charge in [0.15, 0.2) is 0 Å². The Bertz CT molecular complexity index is 1070. The van der Waals surface area contributed by atoms with E-state index < -0.39 is 0 Å². The van der Waals surface area contributed by atoms with Crippen molar-refractivity contribution in [1.82, 2.24) is 0 Å². The van der Waals surface area contributed by atoms with E-state index in [4.69, 9.17) is 0 Å². The van der Waals surface area contributed by atoms with Gasteiger partial charge in [0.2, 0.25) is 0 Å². The number of rotatable bonds is 11. The molecule has 0 heterocycles. The second-order valence-corrected chi connectivity index (χ2v) is 11.2. The molecule has 0 saturated heterocycles. The van der Waals surface area contributed by atoms with Crippen LogP contribution < -0.4 is 0 Å². The van der Waals surface area contributed by atoms with E-state index in [9.17, 15) is 0 Å². The Labute approximate surface area is 218 Å². The van der Waals surface area contributed by atoms with Crippen LogP contribution in [-0.4, -0.2) is 50.2 Å². The second kappa shape index (κ2) is 11.7. The molecule has 0 fully saturated rings. The molecule has 2 heteroatoms. The lowest BCUT2D eigenvalue weighted by molar-refractivity contribution is -0.974. The maximum atomic E-state index is 2.41. The van der Waals surface area contributed by atoms with Crippen molar-refractivity contribution >= 4 is 0 Å². The number of likely N-dealkylation sites (N-methyl/N-ethyl adjacent to an activating group) is 2. The zero-order valence-corrected chi connectivity index (χ0v) is 22.4. The lowest BCUT2D eigenvalue weighted by atomic mass is 9.94. The van der Waals surface area contributed by atoms with E-state index in [1.807, 2.05) is 0 Å². The SMILES string of the molecule is C[N+](C)(CC[N+](C)(C)[C@@H](Cc1ccccc1)c1ccccc1)[C@H](Cc1ccccc1)c1ccccc1. The third kappa shape index (κ3) is 6.72. The molecule has 186 valence electrons. The summed E-state index contributed by atoms with van der Waals surface area (Å²) in [5, 5.41) is 0. The summed E-state index contributed by atoms with van der Waals surface area (Å²) in [5.41, 5.74) is 5.64. The van der Waals surface area contributed by atoms with Gasteiger partial charge in [-0.1, -0.05) is 121 Å². The van der Waals surface area contributed by atoms with Crippen molar-refractivity contribution in [2.75, 3.05) is 41.3 Å². The summed E-state index contributed by atoms with van der Waals surface area (Å²) < 4.78 is 1.90. The Morgan fingerprint density at radius 2 is 0.694 bits per heavy atom. The Balaban J connectivity index is 1.58. The Hall–Kier alpha value is -3.20. The predicted octanol–water partition coefficient (Wildman–Crippen LogP) is 7.11. The zero-order valence-electron chi connectivity index (χ0n) is 22.4. The van der Waals surface area contributed by atoms with Crippen LogP contribution in [0.25, 0.3) is 0 Å². The third-order valence-corrected chi connectivity index (χ3v) is 7.85. The maximum absolute atomic E-state index is 2.41. The van der Waals surface area contributed by atoms with Crippen LogP contribution in [0.4, 0.5) is 0 Å². The highest BCUT2D eigenvalue weighted by Gasteiger charge is 2.36. The first-order valence-corrected chi connectivity index (χ1v) is 13.2. The fourth-order valence-electron chi connectivity index (χ4n) is 5.39. The van der Waals surface area contributed by atoms with Crippen LogP contribution in [0.2, 0.25) is 0 Å². The molecule has 0 aliphatic rings. The summed E-state index contributed by atoms with van der Waals surface area (Å²) in [6.07, 6.45) is 2.08. The fourth-order valence-corrected chi connectivity index (χ4v) is 5.39. The van der Waals surface area contributed by atoms with Crippen LogP contribution in [0.3, 0.4) is 0 Å². The molecule has 0 aromatic heterocycles. The topological polar surface area (TPSA) is 0 Å². The molecular formula is C34H42N2+2. The van der Waals surface area contributed by atoms with Crippen molar-refractivity contribution in [1.29, 1.82) is 0 Å². The summed E-state index contributed by atoms with van der Waals surface area (Å²) in [6, 6.07) is 44.9. The number of nitrogens with zero attached hydrogens (tertiary/aromatic N) is 2. The van der Waals surface area contributed by atoms with Gasteiger partial charge < -0.3 is 8.97 Å². The summed E-state index contributed by atoms with van der Waals surface area (Å²) >= 11 is 0.